The van der Waals surface area contributed by atoms with E-state index in [-0.39, 0.29) is 15.9 Å². The molecule has 2 N–H and O–H groups in total. The zero-order chi connectivity index (χ0) is 6.85. The van der Waals surface area contributed by atoms with Crippen molar-refractivity contribution in [3.8, 4) is 0 Å². The third-order valence-corrected chi connectivity index (χ3v) is 3.08. The van der Waals surface area contributed by atoms with E-state index in [2.05, 4.69) is 0 Å². The lowest BCUT2D eigenvalue weighted by atomic mass is 10.5. The van der Waals surface area contributed by atoms with E-state index in [4.69, 9.17) is 5.73 Å². The molecule has 0 radical (unpaired) electrons. The standard InChI is InChI=1S/C5H10N2OS/c1-7-3-2-4-9(7)5(6)8/h4H,2-3H2,1H3,(H2,6,8). The molecule has 0 spiro atoms. The zero-order valence-electron chi connectivity index (χ0n) is 5.33. The third kappa shape index (κ3) is 1.31. The van der Waals surface area contributed by atoms with Gasteiger partial charge in [0.05, 0.1) is 0 Å². The third-order valence-electron chi connectivity index (χ3n) is 1.26. The van der Waals surface area contributed by atoms with Crippen molar-refractivity contribution in [2.24, 2.45) is 5.73 Å². The number of carbonyl (C=O) groups excluding carboxylic acids is 1. The van der Waals surface area contributed by atoms with Crippen LogP contribution >= 0.6 is 10.7 Å². The highest BCUT2D eigenvalue weighted by Gasteiger charge is 2.13. The summed E-state index contributed by atoms with van der Waals surface area (Å²) < 4.78 is 1.97. The average Bonchev–Trinajstić information content (AvgIpc) is 2.13. The number of amides is 1. The Kier molecular flexibility index (Phi) is 1.87. The van der Waals surface area contributed by atoms with Crippen LogP contribution in [-0.4, -0.2) is 28.5 Å². The summed E-state index contributed by atoms with van der Waals surface area (Å²) in [5.41, 5.74) is 5.09. The Hall–Kier alpha value is -0.350. The van der Waals surface area contributed by atoms with Crippen molar-refractivity contribution < 1.29 is 4.79 Å². The Morgan fingerprint density at radius 2 is 2.56 bits per heavy atom. The zero-order valence-corrected chi connectivity index (χ0v) is 6.15. The van der Waals surface area contributed by atoms with Gasteiger partial charge in [0.25, 0.3) is 5.24 Å². The molecule has 1 aliphatic heterocycles. The lowest BCUT2D eigenvalue weighted by Crippen LogP contribution is -2.15. The van der Waals surface area contributed by atoms with Crippen molar-refractivity contribution in [2.75, 3.05) is 13.6 Å². The molecule has 3 nitrogen and oxygen atoms in total. The van der Waals surface area contributed by atoms with E-state index < -0.39 is 0 Å². The minimum absolute atomic E-state index is 0.213. The minimum Gasteiger partial charge on any atom is -0.360 e. The van der Waals surface area contributed by atoms with E-state index in [1.165, 1.54) is 0 Å². The van der Waals surface area contributed by atoms with Gasteiger partial charge in [0.15, 0.2) is 0 Å². The highest BCUT2D eigenvalue weighted by molar-refractivity contribution is 8.25. The Bertz CT molecular complexity index is 166. The van der Waals surface area contributed by atoms with Crippen molar-refractivity contribution in [1.29, 1.82) is 0 Å². The molecule has 0 aliphatic carbocycles. The van der Waals surface area contributed by atoms with E-state index in [1.54, 1.807) is 0 Å². The predicted octanol–water partition coefficient (Wildman–Crippen LogP) is 0.387. The number of nitrogens with zero attached hydrogens (tertiary/aromatic N) is 1. The number of rotatable bonds is 0. The van der Waals surface area contributed by atoms with Crippen LogP contribution in [0.4, 0.5) is 4.79 Å². The monoisotopic (exact) mass is 146 g/mol. The molecule has 0 aromatic heterocycles. The van der Waals surface area contributed by atoms with Crippen molar-refractivity contribution in [2.45, 2.75) is 6.42 Å². The van der Waals surface area contributed by atoms with Crippen molar-refractivity contribution >= 4 is 21.3 Å². The van der Waals surface area contributed by atoms with Gasteiger partial charge in [-0.3, -0.25) is 9.10 Å². The molecule has 0 saturated carbocycles. The number of primary amides is 1. The second-order valence-corrected chi connectivity index (χ2v) is 3.93. The summed E-state index contributed by atoms with van der Waals surface area (Å²) in [6.07, 6.45) is 0.989. The van der Waals surface area contributed by atoms with Crippen molar-refractivity contribution in [3.63, 3.8) is 0 Å². The summed E-state index contributed by atoms with van der Waals surface area (Å²) in [4.78, 5) is 10.6. The van der Waals surface area contributed by atoms with Gasteiger partial charge in [-0.15, -0.1) is 0 Å². The second-order valence-electron chi connectivity index (χ2n) is 1.94. The van der Waals surface area contributed by atoms with E-state index in [0.717, 1.165) is 13.0 Å². The maximum atomic E-state index is 10.6. The molecule has 1 aliphatic rings. The number of hydrogen-bond donors (Lipinski definition) is 1. The Morgan fingerprint density at radius 3 is 2.78 bits per heavy atom. The van der Waals surface area contributed by atoms with Crippen LogP contribution in [0.2, 0.25) is 0 Å². The molecule has 0 bridgehead atoms. The summed E-state index contributed by atoms with van der Waals surface area (Å²) in [5, 5.41) is 1.76. The van der Waals surface area contributed by atoms with Crippen LogP contribution in [0.25, 0.3) is 0 Å². The number of nitrogens with two attached hydrogens (primary N) is 1. The summed E-state index contributed by atoms with van der Waals surface area (Å²) in [5.74, 6) is 0. The molecule has 52 valence electrons. The first-order chi connectivity index (χ1) is 4.22. The molecule has 1 atom stereocenters. The summed E-state index contributed by atoms with van der Waals surface area (Å²) in [7, 11) is 1.54. The fourth-order valence-corrected chi connectivity index (χ4v) is 2.16. The van der Waals surface area contributed by atoms with Gasteiger partial charge in [0.1, 0.15) is 0 Å². The first kappa shape index (κ1) is 6.77. The molecule has 0 saturated heterocycles. The fraction of sp³-hybridized carbons (Fsp3) is 0.600. The highest BCUT2D eigenvalue weighted by atomic mass is 32.2. The lowest BCUT2D eigenvalue weighted by Gasteiger charge is -2.09. The molecule has 1 unspecified atom stereocenters. The smallest absolute Gasteiger partial charge is 0.284 e. The SMILES string of the molecule is CN1CCC=S1C(N)=O. The highest BCUT2D eigenvalue weighted by Crippen LogP contribution is 2.21. The van der Waals surface area contributed by atoms with Crippen LogP contribution in [0, 0.1) is 0 Å². The van der Waals surface area contributed by atoms with Gasteiger partial charge in [0.2, 0.25) is 0 Å². The van der Waals surface area contributed by atoms with E-state index in [9.17, 15) is 4.79 Å². The fourth-order valence-electron chi connectivity index (χ4n) is 0.807. The normalized spacial score (nSPS) is 27.9. The second kappa shape index (κ2) is 2.49. The first-order valence-corrected chi connectivity index (χ1v) is 4.03. The lowest BCUT2D eigenvalue weighted by molar-refractivity contribution is 0.266. The molecule has 1 amide bonds. The average molecular weight is 146 g/mol. The molecule has 1 rings (SSSR count). The van der Waals surface area contributed by atoms with Crippen molar-refractivity contribution in [1.82, 2.24) is 4.31 Å². The summed E-state index contributed by atoms with van der Waals surface area (Å²) in [6.45, 7) is 0.964. The van der Waals surface area contributed by atoms with Crippen LogP contribution in [0.5, 0.6) is 0 Å². The van der Waals surface area contributed by atoms with Crippen LogP contribution in [-0.2, 0) is 0 Å². The largest absolute Gasteiger partial charge is 0.360 e. The van der Waals surface area contributed by atoms with Crippen LogP contribution in [0.15, 0.2) is 0 Å². The molecule has 0 aromatic carbocycles. The maximum absolute atomic E-state index is 10.6. The van der Waals surface area contributed by atoms with E-state index in [1.807, 2.05) is 16.7 Å². The van der Waals surface area contributed by atoms with Gasteiger partial charge < -0.3 is 5.73 Å². The van der Waals surface area contributed by atoms with Gasteiger partial charge in [0, 0.05) is 6.54 Å². The van der Waals surface area contributed by atoms with E-state index in [0.29, 0.717) is 0 Å². The van der Waals surface area contributed by atoms with Crippen molar-refractivity contribution in [3.05, 3.63) is 0 Å². The topological polar surface area (TPSA) is 46.3 Å². The Labute approximate surface area is 56.9 Å². The maximum Gasteiger partial charge on any atom is 0.284 e. The van der Waals surface area contributed by atoms with Gasteiger partial charge in [-0.05, 0) is 29.5 Å². The quantitative estimate of drug-likeness (QED) is 0.502. The molecular formula is C5H10N2OS. The Balaban J connectivity index is 2.68. The first-order valence-electron chi connectivity index (χ1n) is 2.79. The van der Waals surface area contributed by atoms with E-state index >= 15 is 0 Å². The Morgan fingerprint density at radius 1 is 1.89 bits per heavy atom. The van der Waals surface area contributed by atoms with Gasteiger partial charge in [-0.2, -0.15) is 0 Å². The van der Waals surface area contributed by atoms with Crippen LogP contribution in [0.3, 0.4) is 0 Å². The summed E-state index contributed by atoms with van der Waals surface area (Å²) >= 11 is 0. The molecule has 0 aromatic rings. The molecule has 4 heteroatoms. The van der Waals surface area contributed by atoms with Gasteiger partial charge in [-0.25, -0.2) is 0 Å². The van der Waals surface area contributed by atoms with Gasteiger partial charge in [-0.1, -0.05) is 0 Å². The number of carbonyl (C=O) groups is 1. The van der Waals surface area contributed by atoms with Crippen LogP contribution in [0.1, 0.15) is 6.42 Å². The molecule has 0 fully saturated rings. The summed E-state index contributed by atoms with van der Waals surface area (Å²) in [6, 6.07) is 0. The molecular weight excluding hydrogens is 136 g/mol. The predicted molar refractivity (Wildman–Crippen MR) is 40.5 cm³/mol. The molecule has 1 heterocycles. The van der Waals surface area contributed by atoms with Gasteiger partial charge >= 0.3 is 0 Å². The minimum atomic E-state index is -0.377. The number of hydrogen-bond acceptors (Lipinski definition) is 2. The van der Waals surface area contributed by atoms with Crippen LogP contribution < -0.4 is 5.73 Å². The molecule has 9 heavy (non-hydrogen) atoms.